The zero-order valence-corrected chi connectivity index (χ0v) is 8.80. The third-order valence-corrected chi connectivity index (χ3v) is 2.26. The quantitative estimate of drug-likeness (QED) is 0.670. The molecule has 1 rings (SSSR count). The Kier molecular flexibility index (Phi) is 3.38. The first kappa shape index (κ1) is 10.1. The topological polar surface area (TPSA) is 3.24 Å². The summed E-state index contributed by atoms with van der Waals surface area (Å²) in [4.78, 5) is 2.06. The molecule has 0 spiro atoms. The molecule has 13 heavy (non-hydrogen) atoms. The number of hydrogen-bond acceptors (Lipinski definition) is 1. The van der Waals surface area contributed by atoms with Gasteiger partial charge in [-0.2, -0.15) is 0 Å². The van der Waals surface area contributed by atoms with E-state index in [-0.39, 0.29) is 0 Å². The lowest BCUT2D eigenvalue weighted by molar-refractivity contribution is 1.11. The van der Waals surface area contributed by atoms with Crippen molar-refractivity contribution >= 4 is 23.4 Å². The molecule has 0 N–H and O–H groups in total. The Bertz CT molecular complexity index is 305. The maximum absolute atomic E-state index is 5.82. The molecule has 1 nitrogen and oxygen atoms in total. The first-order valence-electron chi connectivity index (χ1n) is 4.17. The summed E-state index contributed by atoms with van der Waals surface area (Å²) in [6.07, 6.45) is 1.84. The van der Waals surface area contributed by atoms with Crippen LogP contribution in [0.1, 0.15) is 11.1 Å². The van der Waals surface area contributed by atoms with Crippen molar-refractivity contribution in [3.8, 4) is 0 Å². The average Bonchev–Trinajstić information content (AvgIpc) is 2.16. The number of anilines is 1. The number of alkyl halides is 1. The molecule has 70 valence electrons. The van der Waals surface area contributed by atoms with Crippen molar-refractivity contribution in [3.05, 3.63) is 35.9 Å². The van der Waals surface area contributed by atoms with E-state index in [1.165, 1.54) is 0 Å². The van der Waals surface area contributed by atoms with Gasteiger partial charge in [-0.3, -0.25) is 0 Å². The van der Waals surface area contributed by atoms with Gasteiger partial charge in [0.05, 0.1) is 0 Å². The van der Waals surface area contributed by atoms with Crippen molar-refractivity contribution < 1.29 is 0 Å². The summed E-state index contributed by atoms with van der Waals surface area (Å²) in [6.45, 7) is 3.74. The summed E-state index contributed by atoms with van der Waals surface area (Å²) < 4.78 is 0. The van der Waals surface area contributed by atoms with Crippen molar-refractivity contribution in [2.24, 2.45) is 0 Å². The van der Waals surface area contributed by atoms with Crippen molar-refractivity contribution in [2.45, 2.75) is 5.88 Å². The number of halogens is 1. The molecule has 0 aliphatic carbocycles. The molecule has 0 bridgehead atoms. The molecule has 0 amide bonds. The van der Waals surface area contributed by atoms with Crippen LogP contribution in [0.25, 0.3) is 6.08 Å². The summed E-state index contributed by atoms with van der Waals surface area (Å²) in [6, 6.07) is 6.15. The van der Waals surface area contributed by atoms with Crippen LogP contribution < -0.4 is 4.90 Å². The molecule has 0 saturated carbocycles. The van der Waals surface area contributed by atoms with Crippen molar-refractivity contribution in [3.63, 3.8) is 0 Å². The molecule has 1 aromatic carbocycles. The largest absolute Gasteiger partial charge is 0.377 e. The molecular formula is C11H14ClN. The van der Waals surface area contributed by atoms with Crippen LogP contribution >= 0.6 is 11.6 Å². The van der Waals surface area contributed by atoms with Gasteiger partial charge in [-0.15, -0.1) is 11.6 Å². The van der Waals surface area contributed by atoms with Gasteiger partial charge in [-0.1, -0.05) is 24.8 Å². The third-order valence-electron chi connectivity index (χ3n) is 1.97. The highest BCUT2D eigenvalue weighted by Gasteiger charge is 2.03. The molecule has 0 aliphatic heterocycles. The molecule has 0 radical (unpaired) electrons. The predicted molar refractivity (Wildman–Crippen MR) is 60.4 cm³/mol. The van der Waals surface area contributed by atoms with Gasteiger partial charge in [0.15, 0.2) is 0 Å². The fourth-order valence-electron chi connectivity index (χ4n) is 1.24. The highest BCUT2D eigenvalue weighted by molar-refractivity contribution is 6.17. The van der Waals surface area contributed by atoms with E-state index in [0.717, 1.165) is 16.8 Å². The van der Waals surface area contributed by atoms with Gasteiger partial charge in [-0.25, -0.2) is 0 Å². The Morgan fingerprint density at radius 1 is 1.46 bits per heavy atom. The standard InChI is InChI=1S/C11H14ClN/c1-4-9-5-6-10(8-12)11(7-9)13(2)3/h4-7H,1,8H2,2-3H3. The normalized spacial score (nSPS) is 9.77. The molecule has 0 atom stereocenters. The SMILES string of the molecule is C=Cc1ccc(CCl)c(N(C)C)c1. The van der Waals surface area contributed by atoms with E-state index in [0.29, 0.717) is 5.88 Å². The van der Waals surface area contributed by atoms with Crippen LogP contribution in [-0.4, -0.2) is 14.1 Å². The minimum Gasteiger partial charge on any atom is -0.377 e. The molecule has 0 heterocycles. The number of rotatable bonds is 3. The summed E-state index contributed by atoms with van der Waals surface area (Å²) in [5.74, 6) is 0.547. The minimum absolute atomic E-state index is 0.547. The summed E-state index contributed by atoms with van der Waals surface area (Å²) in [5, 5.41) is 0. The molecule has 0 fully saturated rings. The second-order valence-electron chi connectivity index (χ2n) is 3.12. The molecule has 0 unspecified atom stereocenters. The Morgan fingerprint density at radius 3 is 2.62 bits per heavy atom. The number of benzene rings is 1. The van der Waals surface area contributed by atoms with Crippen LogP contribution in [0.4, 0.5) is 5.69 Å². The van der Waals surface area contributed by atoms with E-state index in [9.17, 15) is 0 Å². The van der Waals surface area contributed by atoms with Gasteiger partial charge in [-0.05, 0) is 17.2 Å². The summed E-state index contributed by atoms with van der Waals surface area (Å²) in [7, 11) is 4.02. The van der Waals surface area contributed by atoms with Crippen LogP contribution in [-0.2, 0) is 5.88 Å². The highest BCUT2D eigenvalue weighted by atomic mass is 35.5. The summed E-state index contributed by atoms with van der Waals surface area (Å²) >= 11 is 5.82. The first-order valence-corrected chi connectivity index (χ1v) is 4.71. The van der Waals surface area contributed by atoms with Gasteiger partial charge in [0.25, 0.3) is 0 Å². The van der Waals surface area contributed by atoms with Crippen molar-refractivity contribution in [2.75, 3.05) is 19.0 Å². The zero-order valence-electron chi connectivity index (χ0n) is 8.05. The lowest BCUT2D eigenvalue weighted by Gasteiger charge is -2.16. The predicted octanol–water partition coefficient (Wildman–Crippen LogP) is 3.13. The van der Waals surface area contributed by atoms with Crippen LogP contribution in [0, 0.1) is 0 Å². The van der Waals surface area contributed by atoms with E-state index in [1.807, 2.05) is 32.3 Å². The fourth-order valence-corrected chi connectivity index (χ4v) is 1.46. The van der Waals surface area contributed by atoms with Gasteiger partial charge in [0.2, 0.25) is 0 Å². The Balaban J connectivity index is 3.17. The lowest BCUT2D eigenvalue weighted by atomic mass is 10.1. The Morgan fingerprint density at radius 2 is 2.15 bits per heavy atom. The van der Waals surface area contributed by atoms with E-state index in [4.69, 9.17) is 11.6 Å². The molecule has 0 aliphatic rings. The van der Waals surface area contributed by atoms with Crippen LogP contribution in [0.5, 0.6) is 0 Å². The van der Waals surface area contributed by atoms with Crippen molar-refractivity contribution in [1.82, 2.24) is 0 Å². The second kappa shape index (κ2) is 4.33. The molecule has 0 aromatic heterocycles. The van der Waals surface area contributed by atoms with Crippen molar-refractivity contribution in [1.29, 1.82) is 0 Å². The van der Waals surface area contributed by atoms with Gasteiger partial charge < -0.3 is 4.90 Å². The Labute approximate surface area is 84.6 Å². The van der Waals surface area contributed by atoms with Gasteiger partial charge >= 0.3 is 0 Å². The number of nitrogens with zero attached hydrogens (tertiary/aromatic N) is 1. The monoisotopic (exact) mass is 195 g/mol. The maximum atomic E-state index is 5.82. The molecular weight excluding hydrogens is 182 g/mol. The second-order valence-corrected chi connectivity index (χ2v) is 3.39. The third kappa shape index (κ3) is 2.25. The van der Waals surface area contributed by atoms with E-state index in [2.05, 4.69) is 17.5 Å². The molecule has 1 aromatic rings. The smallest absolute Gasteiger partial charge is 0.0494 e. The van der Waals surface area contributed by atoms with E-state index in [1.54, 1.807) is 0 Å². The maximum Gasteiger partial charge on any atom is 0.0494 e. The van der Waals surface area contributed by atoms with Crippen LogP contribution in [0.3, 0.4) is 0 Å². The lowest BCUT2D eigenvalue weighted by Crippen LogP contribution is -2.10. The first-order chi connectivity index (χ1) is 6.19. The fraction of sp³-hybridized carbons (Fsp3) is 0.273. The zero-order chi connectivity index (χ0) is 9.84. The van der Waals surface area contributed by atoms with Crippen LogP contribution in [0.2, 0.25) is 0 Å². The van der Waals surface area contributed by atoms with Gasteiger partial charge in [0.1, 0.15) is 0 Å². The molecule has 0 saturated heterocycles. The summed E-state index contributed by atoms with van der Waals surface area (Å²) in [5.41, 5.74) is 3.43. The minimum atomic E-state index is 0.547. The number of hydrogen-bond donors (Lipinski definition) is 0. The van der Waals surface area contributed by atoms with E-state index >= 15 is 0 Å². The van der Waals surface area contributed by atoms with E-state index < -0.39 is 0 Å². The average molecular weight is 196 g/mol. The molecule has 2 heteroatoms. The van der Waals surface area contributed by atoms with Gasteiger partial charge in [0, 0.05) is 25.7 Å². The highest BCUT2D eigenvalue weighted by Crippen LogP contribution is 2.22. The Hall–Kier alpha value is -0.950. The van der Waals surface area contributed by atoms with Crippen LogP contribution in [0.15, 0.2) is 24.8 Å².